The van der Waals surface area contributed by atoms with Crippen molar-refractivity contribution in [2.45, 2.75) is 13.5 Å². The monoisotopic (exact) mass is 337 g/mol. The van der Waals surface area contributed by atoms with E-state index >= 15 is 0 Å². The van der Waals surface area contributed by atoms with E-state index < -0.39 is 0 Å². The molecule has 116 valence electrons. The van der Waals surface area contributed by atoms with Gasteiger partial charge in [0, 0.05) is 38.9 Å². The molecule has 3 heterocycles. The summed E-state index contributed by atoms with van der Waals surface area (Å²) in [6.07, 6.45) is 1.66. The number of carbonyl (C=O) groups is 1. The van der Waals surface area contributed by atoms with E-state index in [1.54, 1.807) is 6.20 Å². The van der Waals surface area contributed by atoms with E-state index in [0.717, 1.165) is 25.3 Å². The molecule has 2 aromatic rings. The van der Waals surface area contributed by atoms with Gasteiger partial charge in [0.1, 0.15) is 4.88 Å². The summed E-state index contributed by atoms with van der Waals surface area (Å²) in [4.78, 5) is 21.5. The van der Waals surface area contributed by atoms with Gasteiger partial charge in [-0.25, -0.2) is 0 Å². The lowest BCUT2D eigenvalue weighted by Gasteiger charge is -2.34. The molecule has 6 nitrogen and oxygen atoms in total. The molecule has 1 saturated heterocycles. The second-order valence-corrected chi connectivity index (χ2v) is 6.41. The minimum atomic E-state index is 0.0387. The van der Waals surface area contributed by atoms with Crippen LogP contribution >= 0.6 is 23.1 Å². The molecular weight excluding hydrogens is 322 g/mol. The summed E-state index contributed by atoms with van der Waals surface area (Å²) in [6, 6.07) is 3.79. The van der Waals surface area contributed by atoms with E-state index in [1.165, 1.54) is 11.5 Å². The predicted octanol–water partition coefficient (Wildman–Crippen LogP) is 1.85. The number of piperazine rings is 1. The topological polar surface area (TPSA) is 62.2 Å². The van der Waals surface area contributed by atoms with Crippen LogP contribution in [-0.2, 0) is 6.54 Å². The maximum Gasteiger partial charge on any atom is 0.267 e. The molecular formula is C14H16ClN5OS. The third kappa shape index (κ3) is 3.43. The number of aryl methyl sites for hydroxylation is 1. The standard InChI is InChI=1S/C14H16ClN5OS/c1-10-13(22-18-17-10)14(21)20-6-4-19(5-7-20)9-12-3-2-11(15)8-16-12/h2-3,8H,4-7,9H2,1H3. The van der Waals surface area contributed by atoms with Gasteiger partial charge >= 0.3 is 0 Å². The summed E-state index contributed by atoms with van der Waals surface area (Å²) < 4.78 is 3.83. The maximum absolute atomic E-state index is 12.4. The molecule has 0 spiro atoms. The highest BCUT2D eigenvalue weighted by Crippen LogP contribution is 2.15. The number of amides is 1. The molecule has 0 aromatic carbocycles. The van der Waals surface area contributed by atoms with E-state index in [-0.39, 0.29) is 5.91 Å². The number of pyridine rings is 1. The minimum Gasteiger partial charge on any atom is -0.335 e. The third-order valence-corrected chi connectivity index (χ3v) is 4.72. The lowest BCUT2D eigenvalue weighted by molar-refractivity contribution is 0.0631. The fourth-order valence-electron chi connectivity index (χ4n) is 2.41. The first-order valence-corrected chi connectivity index (χ1v) is 8.19. The fraction of sp³-hybridized carbons (Fsp3) is 0.429. The van der Waals surface area contributed by atoms with Crippen molar-refractivity contribution in [2.24, 2.45) is 0 Å². The van der Waals surface area contributed by atoms with Crippen LogP contribution in [0.2, 0.25) is 5.02 Å². The van der Waals surface area contributed by atoms with Gasteiger partial charge < -0.3 is 4.90 Å². The molecule has 8 heteroatoms. The average Bonchev–Trinajstić information content (AvgIpc) is 2.96. The predicted molar refractivity (Wildman–Crippen MR) is 85.1 cm³/mol. The lowest BCUT2D eigenvalue weighted by atomic mass is 10.2. The summed E-state index contributed by atoms with van der Waals surface area (Å²) in [5.41, 5.74) is 1.70. The van der Waals surface area contributed by atoms with Gasteiger partial charge in [-0.3, -0.25) is 14.7 Å². The van der Waals surface area contributed by atoms with Crippen LogP contribution in [0.3, 0.4) is 0 Å². The summed E-state index contributed by atoms with van der Waals surface area (Å²) in [6.45, 7) is 5.69. The van der Waals surface area contributed by atoms with Gasteiger partial charge in [-0.1, -0.05) is 16.1 Å². The second-order valence-electron chi connectivity index (χ2n) is 5.22. The summed E-state index contributed by atoms with van der Waals surface area (Å²) in [7, 11) is 0. The van der Waals surface area contributed by atoms with E-state index in [1.807, 2.05) is 24.0 Å². The van der Waals surface area contributed by atoms with E-state index in [2.05, 4.69) is 19.5 Å². The Morgan fingerprint density at radius 1 is 1.32 bits per heavy atom. The number of halogens is 1. The summed E-state index contributed by atoms with van der Waals surface area (Å²) >= 11 is 7.01. The van der Waals surface area contributed by atoms with E-state index in [4.69, 9.17) is 11.6 Å². The zero-order valence-corrected chi connectivity index (χ0v) is 13.8. The Morgan fingerprint density at radius 2 is 2.09 bits per heavy atom. The molecule has 1 aliphatic heterocycles. The van der Waals surface area contributed by atoms with Gasteiger partial charge in [0.25, 0.3) is 5.91 Å². The van der Waals surface area contributed by atoms with Crippen molar-refractivity contribution < 1.29 is 4.79 Å². The number of carbonyl (C=O) groups excluding carboxylic acids is 1. The van der Waals surface area contributed by atoms with Crippen molar-refractivity contribution in [1.82, 2.24) is 24.4 Å². The summed E-state index contributed by atoms with van der Waals surface area (Å²) in [5, 5.41) is 4.55. The van der Waals surface area contributed by atoms with Gasteiger partial charge in [0.05, 0.1) is 16.4 Å². The molecule has 0 aliphatic carbocycles. The van der Waals surface area contributed by atoms with Crippen molar-refractivity contribution in [3.8, 4) is 0 Å². The largest absolute Gasteiger partial charge is 0.335 e. The van der Waals surface area contributed by atoms with Crippen LogP contribution < -0.4 is 0 Å². The first kappa shape index (κ1) is 15.3. The number of hydrogen-bond acceptors (Lipinski definition) is 6. The van der Waals surface area contributed by atoms with Gasteiger partial charge in [0.2, 0.25) is 0 Å². The van der Waals surface area contributed by atoms with E-state index in [9.17, 15) is 4.79 Å². The first-order valence-electron chi connectivity index (χ1n) is 7.04. The lowest BCUT2D eigenvalue weighted by Crippen LogP contribution is -2.48. The van der Waals surface area contributed by atoms with Crippen LogP contribution in [-0.4, -0.2) is 56.5 Å². The molecule has 1 amide bonds. The van der Waals surface area contributed by atoms with Crippen LogP contribution in [0.4, 0.5) is 0 Å². The molecule has 1 fully saturated rings. The molecule has 0 N–H and O–H groups in total. The van der Waals surface area contributed by atoms with Crippen LogP contribution in [0, 0.1) is 6.92 Å². The van der Waals surface area contributed by atoms with Crippen LogP contribution in [0.25, 0.3) is 0 Å². The Bertz CT molecular complexity index is 652. The fourth-order valence-corrected chi connectivity index (χ4v) is 3.15. The SMILES string of the molecule is Cc1nnsc1C(=O)N1CCN(Cc2ccc(Cl)cn2)CC1. The number of rotatable bonds is 3. The Morgan fingerprint density at radius 3 is 2.68 bits per heavy atom. The van der Waals surface area contributed by atoms with Gasteiger partial charge in [-0.15, -0.1) is 5.10 Å². The highest BCUT2D eigenvalue weighted by Gasteiger charge is 2.25. The molecule has 0 bridgehead atoms. The van der Waals surface area contributed by atoms with E-state index in [0.29, 0.717) is 28.7 Å². The van der Waals surface area contributed by atoms with Gasteiger partial charge in [-0.2, -0.15) is 0 Å². The van der Waals surface area contributed by atoms with Crippen LogP contribution in [0.1, 0.15) is 21.1 Å². The molecule has 3 rings (SSSR count). The molecule has 0 saturated carbocycles. The number of aromatic nitrogens is 3. The quantitative estimate of drug-likeness (QED) is 0.855. The minimum absolute atomic E-state index is 0.0387. The van der Waals surface area contributed by atoms with Crippen LogP contribution in [0.5, 0.6) is 0 Å². The van der Waals surface area contributed by atoms with Crippen molar-refractivity contribution in [3.63, 3.8) is 0 Å². The Hall–Kier alpha value is -1.57. The normalized spacial score (nSPS) is 16.0. The smallest absolute Gasteiger partial charge is 0.267 e. The molecule has 22 heavy (non-hydrogen) atoms. The third-order valence-electron chi connectivity index (χ3n) is 3.68. The van der Waals surface area contributed by atoms with Crippen molar-refractivity contribution in [3.05, 3.63) is 39.6 Å². The van der Waals surface area contributed by atoms with Crippen molar-refractivity contribution in [2.75, 3.05) is 26.2 Å². The highest BCUT2D eigenvalue weighted by atomic mass is 35.5. The van der Waals surface area contributed by atoms with Gasteiger partial charge in [-0.05, 0) is 30.6 Å². The highest BCUT2D eigenvalue weighted by molar-refractivity contribution is 7.07. The second kappa shape index (κ2) is 6.68. The van der Waals surface area contributed by atoms with Crippen molar-refractivity contribution >= 4 is 29.0 Å². The van der Waals surface area contributed by atoms with Gasteiger partial charge in [0.15, 0.2) is 0 Å². The zero-order valence-electron chi connectivity index (χ0n) is 12.2. The number of nitrogens with zero attached hydrogens (tertiary/aromatic N) is 5. The Kier molecular flexibility index (Phi) is 4.66. The molecule has 0 radical (unpaired) electrons. The first-order chi connectivity index (χ1) is 10.6. The van der Waals surface area contributed by atoms with Crippen molar-refractivity contribution in [1.29, 1.82) is 0 Å². The average molecular weight is 338 g/mol. The molecule has 0 atom stereocenters. The summed E-state index contributed by atoms with van der Waals surface area (Å²) in [5.74, 6) is 0.0387. The Balaban J connectivity index is 1.55. The Labute approximate surface area is 137 Å². The molecule has 0 unspecified atom stereocenters. The molecule has 2 aromatic heterocycles. The molecule has 1 aliphatic rings. The van der Waals surface area contributed by atoms with Crippen LogP contribution in [0.15, 0.2) is 18.3 Å². The number of hydrogen-bond donors (Lipinski definition) is 0. The zero-order chi connectivity index (χ0) is 15.5. The maximum atomic E-state index is 12.4.